The van der Waals surface area contributed by atoms with Gasteiger partial charge in [0, 0.05) is 24.5 Å². The first kappa shape index (κ1) is 19.4. The molecule has 0 N–H and O–H groups in total. The summed E-state index contributed by atoms with van der Waals surface area (Å²) in [4.78, 5) is 0. The lowest BCUT2D eigenvalue weighted by Gasteiger charge is -2.08. The maximum atomic E-state index is 12.5. The van der Waals surface area contributed by atoms with Crippen LogP contribution < -0.4 is 4.74 Å². The van der Waals surface area contributed by atoms with Gasteiger partial charge in [-0.05, 0) is 29.7 Å². The van der Waals surface area contributed by atoms with Crippen LogP contribution in [-0.2, 0) is 13.1 Å². The average molecular weight is 395 g/mol. The molecule has 5 nitrogen and oxygen atoms in total. The van der Waals surface area contributed by atoms with E-state index in [1.807, 2.05) is 23.1 Å². The molecule has 0 fully saturated rings. The first-order valence-electron chi connectivity index (χ1n) is 8.74. The van der Waals surface area contributed by atoms with Crippen molar-refractivity contribution >= 4 is 11.6 Å². The van der Waals surface area contributed by atoms with Gasteiger partial charge in [-0.1, -0.05) is 37.9 Å². The minimum atomic E-state index is -2.92. The second-order valence-corrected chi connectivity index (χ2v) is 6.90. The van der Waals surface area contributed by atoms with E-state index >= 15 is 0 Å². The summed E-state index contributed by atoms with van der Waals surface area (Å²) in [7, 11) is 0. The van der Waals surface area contributed by atoms with E-state index in [1.165, 1.54) is 12.1 Å². The second kappa shape index (κ2) is 8.52. The molecule has 1 aromatic carbocycles. The van der Waals surface area contributed by atoms with Crippen molar-refractivity contribution in [1.29, 1.82) is 0 Å². The maximum absolute atomic E-state index is 12.5. The molecule has 0 saturated carbocycles. The average Bonchev–Trinajstić information content (AvgIpc) is 3.26. The minimum absolute atomic E-state index is 0.0549. The number of rotatable bonds is 8. The highest BCUT2D eigenvalue weighted by Gasteiger charge is 2.12. The number of ether oxygens (including phenoxy) is 1. The molecule has 1 unspecified atom stereocenters. The number of hydrogen-bond acceptors (Lipinski definition) is 3. The summed E-state index contributed by atoms with van der Waals surface area (Å²) in [5.74, 6) is 0.518. The normalized spacial score (nSPS) is 12.5. The van der Waals surface area contributed by atoms with E-state index in [0.29, 0.717) is 18.0 Å². The van der Waals surface area contributed by atoms with Crippen LogP contribution in [0.3, 0.4) is 0 Å². The Morgan fingerprint density at radius 1 is 1.19 bits per heavy atom. The quantitative estimate of drug-likeness (QED) is 0.534. The van der Waals surface area contributed by atoms with Crippen molar-refractivity contribution < 1.29 is 13.5 Å². The van der Waals surface area contributed by atoms with Crippen LogP contribution in [0.1, 0.15) is 26.0 Å². The van der Waals surface area contributed by atoms with Crippen molar-refractivity contribution in [2.75, 3.05) is 0 Å². The Morgan fingerprint density at radius 2 is 2.00 bits per heavy atom. The molecular formula is C19H21ClF2N4O. The Kier molecular flexibility index (Phi) is 6.11. The van der Waals surface area contributed by atoms with E-state index in [2.05, 4.69) is 28.8 Å². The summed E-state index contributed by atoms with van der Waals surface area (Å²) in [6.45, 7) is 2.85. The zero-order valence-corrected chi connectivity index (χ0v) is 15.9. The molecule has 0 aliphatic heterocycles. The molecule has 2 aromatic heterocycles. The molecule has 1 atom stereocenters. The Balaban J connectivity index is 1.72. The summed E-state index contributed by atoms with van der Waals surface area (Å²) in [5, 5.41) is 9.04. The van der Waals surface area contributed by atoms with Crippen molar-refractivity contribution in [2.24, 2.45) is 5.92 Å². The van der Waals surface area contributed by atoms with Gasteiger partial charge in [-0.25, -0.2) is 0 Å². The number of halogens is 3. The smallest absolute Gasteiger partial charge is 0.387 e. The third-order valence-corrected chi connectivity index (χ3v) is 4.64. The predicted octanol–water partition coefficient (Wildman–Crippen LogP) is 5.10. The van der Waals surface area contributed by atoms with Crippen molar-refractivity contribution in [3.63, 3.8) is 0 Å². The van der Waals surface area contributed by atoms with Gasteiger partial charge in [0.1, 0.15) is 5.75 Å². The molecule has 27 heavy (non-hydrogen) atoms. The van der Waals surface area contributed by atoms with Crippen LogP contribution in [0.4, 0.5) is 8.78 Å². The van der Waals surface area contributed by atoms with E-state index in [1.54, 1.807) is 16.9 Å². The molecule has 0 spiro atoms. The molecule has 0 radical (unpaired) electrons. The SMILES string of the molecule is CCC(C)Cn1ccc(Cn2cc(-c3ccc(Cl)c(OC(F)F)c3)cn2)n1. The first-order valence-corrected chi connectivity index (χ1v) is 9.12. The van der Waals surface area contributed by atoms with Gasteiger partial charge in [0.25, 0.3) is 0 Å². The Labute approximate surface area is 161 Å². The lowest BCUT2D eigenvalue weighted by Crippen LogP contribution is -2.08. The van der Waals surface area contributed by atoms with Crippen LogP contribution in [0.2, 0.25) is 5.02 Å². The fourth-order valence-electron chi connectivity index (χ4n) is 2.67. The van der Waals surface area contributed by atoms with Crippen LogP contribution in [0.5, 0.6) is 5.75 Å². The summed E-state index contributed by atoms with van der Waals surface area (Å²) in [6, 6.07) is 6.72. The van der Waals surface area contributed by atoms with Crippen LogP contribution >= 0.6 is 11.6 Å². The zero-order chi connectivity index (χ0) is 19.4. The molecule has 0 aliphatic rings. The summed E-state index contributed by atoms with van der Waals surface area (Å²) in [5.41, 5.74) is 2.39. The van der Waals surface area contributed by atoms with E-state index in [9.17, 15) is 8.78 Å². The van der Waals surface area contributed by atoms with Crippen molar-refractivity contribution in [2.45, 2.75) is 40.0 Å². The van der Waals surface area contributed by atoms with Gasteiger partial charge in [-0.3, -0.25) is 9.36 Å². The highest BCUT2D eigenvalue weighted by molar-refractivity contribution is 6.32. The summed E-state index contributed by atoms with van der Waals surface area (Å²) in [6.07, 6.45) is 6.59. The van der Waals surface area contributed by atoms with E-state index in [-0.39, 0.29) is 10.8 Å². The van der Waals surface area contributed by atoms with Crippen LogP contribution in [0, 0.1) is 5.92 Å². The predicted molar refractivity (Wildman–Crippen MR) is 100 cm³/mol. The number of hydrogen-bond donors (Lipinski definition) is 0. The lowest BCUT2D eigenvalue weighted by atomic mass is 10.1. The minimum Gasteiger partial charge on any atom is -0.433 e. The molecule has 3 aromatic rings. The van der Waals surface area contributed by atoms with Gasteiger partial charge in [0.05, 0.1) is 23.5 Å². The van der Waals surface area contributed by atoms with Crippen molar-refractivity contribution in [1.82, 2.24) is 19.6 Å². The second-order valence-electron chi connectivity index (χ2n) is 6.49. The van der Waals surface area contributed by atoms with Gasteiger partial charge >= 0.3 is 6.61 Å². The number of nitrogens with zero attached hydrogens (tertiary/aromatic N) is 4. The zero-order valence-electron chi connectivity index (χ0n) is 15.1. The van der Waals surface area contributed by atoms with E-state index in [0.717, 1.165) is 24.2 Å². The molecule has 0 saturated heterocycles. The third kappa shape index (κ3) is 5.07. The highest BCUT2D eigenvalue weighted by atomic mass is 35.5. The van der Waals surface area contributed by atoms with Gasteiger partial charge in [0.2, 0.25) is 0 Å². The Morgan fingerprint density at radius 3 is 2.74 bits per heavy atom. The van der Waals surface area contributed by atoms with Crippen LogP contribution in [0.25, 0.3) is 11.1 Å². The Hall–Kier alpha value is -2.41. The molecule has 2 heterocycles. The number of benzene rings is 1. The van der Waals surface area contributed by atoms with Gasteiger partial charge in [0.15, 0.2) is 0 Å². The maximum Gasteiger partial charge on any atom is 0.387 e. The Bertz CT molecular complexity index is 893. The highest BCUT2D eigenvalue weighted by Crippen LogP contribution is 2.31. The van der Waals surface area contributed by atoms with Crippen molar-refractivity contribution in [3.05, 3.63) is 53.6 Å². The van der Waals surface area contributed by atoms with Crippen LogP contribution in [-0.4, -0.2) is 26.2 Å². The van der Waals surface area contributed by atoms with E-state index < -0.39 is 6.61 Å². The number of alkyl halides is 2. The summed E-state index contributed by atoms with van der Waals surface area (Å²) >= 11 is 5.90. The van der Waals surface area contributed by atoms with Crippen molar-refractivity contribution in [3.8, 4) is 16.9 Å². The third-order valence-electron chi connectivity index (χ3n) is 4.33. The number of aromatic nitrogens is 4. The molecule has 8 heteroatoms. The monoisotopic (exact) mass is 394 g/mol. The standard InChI is InChI=1S/C19H21ClF2N4O/c1-3-13(2)10-25-7-6-16(24-25)12-26-11-15(9-23-26)14-4-5-17(20)18(8-14)27-19(21)22/h4-9,11,13,19H,3,10,12H2,1-2H3. The molecule has 0 bridgehead atoms. The fourth-order valence-corrected chi connectivity index (χ4v) is 2.83. The molecular weight excluding hydrogens is 374 g/mol. The topological polar surface area (TPSA) is 44.9 Å². The largest absolute Gasteiger partial charge is 0.433 e. The fraction of sp³-hybridized carbons (Fsp3) is 0.368. The van der Waals surface area contributed by atoms with Gasteiger partial charge in [-0.15, -0.1) is 0 Å². The lowest BCUT2D eigenvalue weighted by molar-refractivity contribution is -0.0497. The summed E-state index contributed by atoms with van der Waals surface area (Å²) < 4.78 is 33.1. The molecule has 0 aliphatic carbocycles. The van der Waals surface area contributed by atoms with E-state index in [4.69, 9.17) is 11.6 Å². The molecule has 3 rings (SSSR count). The first-order chi connectivity index (χ1) is 12.9. The van der Waals surface area contributed by atoms with Gasteiger partial charge in [-0.2, -0.15) is 19.0 Å². The molecule has 144 valence electrons. The van der Waals surface area contributed by atoms with Crippen LogP contribution in [0.15, 0.2) is 42.9 Å². The van der Waals surface area contributed by atoms with Gasteiger partial charge < -0.3 is 4.74 Å². The molecule has 0 amide bonds.